The zero-order valence-electron chi connectivity index (χ0n) is 7.70. The fourth-order valence-electron chi connectivity index (χ4n) is 1.73. The van der Waals surface area contributed by atoms with Crippen molar-refractivity contribution in [3.8, 4) is 0 Å². The fourth-order valence-corrected chi connectivity index (χ4v) is 1.91. The Morgan fingerprint density at radius 2 is 2.07 bits per heavy atom. The van der Waals surface area contributed by atoms with Crippen LogP contribution < -0.4 is 5.46 Å². The minimum atomic E-state index is 0.343. The van der Waals surface area contributed by atoms with E-state index in [-0.39, 0.29) is 0 Å². The van der Waals surface area contributed by atoms with Gasteiger partial charge in [-0.05, 0) is 6.07 Å². The number of hydrogen-bond donors (Lipinski definition) is 0. The van der Waals surface area contributed by atoms with Gasteiger partial charge in [0.2, 0.25) is 0 Å². The van der Waals surface area contributed by atoms with Crippen molar-refractivity contribution < 1.29 is 4.42 Å². The van der Waals surface area contributed by atoms with E-state index in [1.807, 2.05) is 24.3 Å². The van der Waals surface area contributed by atoms with Crippen LogP contribution in [0.4, 0.5) is 0 Å². The monoisotopic (exact) mass is 213 g/mol. The van der Waals surface area contributed by atoms with Crippen LogP contribution in [-0.4, -0.2) is 12.8 Å². The van der Waals surface area contributed by atoms with Crippen molar-refractivity contribution in [2.24, 2.45) is 0 Å². The summed E-state index contributed by atoms with van der Waals surface area (Å²) >= 11 is 5.94. The van der Waals surface area contributed by atoms with Gasteiger partial charge in [-0.2, -0.15) is 0 Å². The molecule has 2 heterocycles. The number of aromatic nitrogens is 1. The van der Waals surface area contributed by atoms with Gasteiger partial charge < -0.3 is 4.42 Å². The molecule has 0 aliphatic carbocycles. The van der Waals surface area contributed by atoms with E-state index < -0.39 is 0 Å². The van der Waals surface area contributed by atoms with Gasteiger partial charge in [-0.15, -0.1) is 0 Å². The van der Waals surface area contributed by atoms with Gasteiger partial charge in [-0.25, -0.2) is 4.98 Å². The number of hydrogen-bond acceptors (Lipinski definition) is 2. The molecule has 0 aliphatic rings. The summed E-state index contributed by atoms with van der Waals surface area (Å²) in [5.74, 6) is 0. The topological polar surface area (TPSA) is 26.0 Å². The van der Waals surface area contributed by atoms with Crippen LogP contribution in [-0.2, 0) is 0 Å². The summed E-state index contributed by atoms with van der Waals surface area (Å²) in [6.07, 6.45) is 1.55. The van der Waals surface area contributed by atoms with E-state index in [0.29, 0.717) is 16.2 Å². The molecule has 4 heteroatoms. The molecule has 0 atom stereocenters. The number of halogens is 1. The molecule has 0 fully saturated rings. The molecule has 0 spiro atoms. The Balaban J connectivity index is 2.66. The van der Waals surface area contributed by atoms with Gasteiger partial charge in [0.05, 0.1) is 0 Å². The van der Waals surface area contributed by atoms with Crippen LogP contribution in [0, 0.1) is 0 Å². The molecule has 0 aliphatic heterocycles. The second-order valence-electron chi connectivity index (χ2n) is 3.31. The first kappa shape index (κ1) is 8.80. The van der Waals surface area contributed by atoms with E-state index in [1.54, 1.807) is 6.20 Å². The Hall–Kier alpha value is -1.48. The summed E-state index contributed by atoms with van der Waals surface area (Å²) in [5, 5.41) is 2.15. The van der Waals surface area contributed by atoms with Gasteiger partial charge in [-0.3, -0.25) is 0 Å². The maximum atomic E-state index is 5.94. The van der Waals surface area contributed by atoms with Crippen molar-refractivity contribution in [3.05, 3.63) is 35.6 Å². The zero-order chi connectivity index (χ0) is 10.4. The number of nitrogens with zero attached hydrogens (tertiary/aromatic N) is 1. The predicted octanol–water partition coefficient (Wildman–Crippen LogP) is 2.43. The molecule has 0 bridgehead atoms. The van der Waals surface area contributed by atoms with E-state index in [1.165, 1.54) is 0 Å². The van der Waals surface area contributed by atoms with Gasteiger partial charge in [0.1, 0.15) is 13.4 Å². The van der Waals surface area contributed by atoms with Gasteiger partial charge >= 0.3 is 0 Å². The Bertz CT molecular complexity index is 662. The molecule has 0 unspecified atom stereocenters. The van der Waals surface area contributed by atoms with Crippen molar-refractivity contribution in [2.45, 2.75) is 0 Å². The zero-order valence-corrected chi connectivity index (χ0v) is 8.45. The first-order valence-corrected chi connectivity index (χ1v) is 4.86. The van der Waals surface area contributed by atoms with E-state index >= 15 is 0 Å². The van der Waals surface area contributed by atoms with Gasteiger partial charge in [-0.1, -0.05) is 35.3 Å². The van der Waals surface area contributed by atoms with Crippen molar-refractivity contribution >= 4 is 46.8 Å². The summed E-state index contributed by atoms with van der Waals surface area (Å²) in [5.41, 5.74) is 1.91. The molecule has 0 N–H and O–H groups in total. The van der Waals surface area contributed by atoms with Crippen LogP contribution in [0.1, 0.15) is 0 Å². The van der Waals surface area contributed by atoms with Crippen LogP contribution in [0.25, 0.3) is 21.9 Å². The van der Waals surface area contributed by atoms with Gasteiger partial charge in [0.25, 0.3) is 0 Å². The number of pyridine rings is 1. The summed E-state index contributed by atoms with van der Waals surface area (Å²) in [6, 6.07) is 7.67. The van der Waals surface area contributed by atoms with Gasteiger partial charge in [0.15, 0.2) is 10.7 Å². The molecule has 70 valence electrons. The highest BCUT2D eigenvalue weighted by Gasteiger charge is 2.11. The lowest BCUT2D eigenvalue weighted by atomic mass is 9.93. The van der Waals surface area contributed by atoms with Crippen LogP contribution >= 0.6 is 11.6 Å². The lowest BCUT2D eigenvalue weighted by Gasteiger charge is -1.95. The Labute approximate surface area is 92.3 Å². The minimum absolute atomic E-state index is 0.343. The molecule has 0 saturated heterocycles. The molecule has 2 nitrogen and oxygen atoms in total. The average molecular weight is 213 g/mol. The van der Waals surface area contributed by atoms with Crippen molar-refractivity contribution in [2.75, 3.05) is 0 Å². The van der Waals surface area contributed by atoms with E-state index in [4.69, 9.17) is 23.9 Å². The van der Waals surface area contributed by atoms with Gasteiger partial charge in [0, 0.05) is 17.0 Å². The number of benzene rings is 1. The second kappa shape index (κ2) is 3.01. The molecule has 0 amide bonds. The third-order valence-corrected chi connectivity index (χ3v) is 2.66. The highest BCUT2D eigenvalue weighted by molar-refractivity contribution is 6.43. The summed E-state index contributed by atoms with van der Waals surface area (Å²) < 4.78 is 5.59. The third kappa shape index (κ3) is 1.16. The number of para-hydroxylation sites is 1. The van der Waals surface area contributed by atoms with Crippen LogP contribution in [0.3, 0.4) is 0 Å². The molecule has 15 heavy (non-hydrogen) atoms. The predicted molar refractivity (Wildman–Crippen MR) is 61.9 cm³/mol. The SMILES string of the molecule is [B]c1cnc(Cl)c2oc3ccccc3c12. The fraction of sp³-hybridized carbons (Fsp3) is 0. The second-order valence-corrected chi connectivity index (χ2v) is 3.66. The standard InChI is InChI=1S/C11H5BClNO/c12-7-5-14-11(13)10-9(7)6-3-1-2-4-8(6)15-10/h1-5H. The van der Waals surface area contributed by atoms with Crippen LogP contribution in [0.5, 0.6) is 0 Å². The van der Waals surface area contributed by atoms with Crippen molar-refractivity contribution in [1.82, 2.24) is 4.98 Å². The average Bonchev–Trinajstić information content (AvgIpc) is 2.64. The molecular weight excluding hydrogens is 208 g/mol. The maximum absolute atomic E-state index is 5.94. The van der Waals surface area contributed by atoms with Crippen molar-refractivity contribution in [1.29, 1.82) is 0 Å². The summed E-state index contributed by atoms with van der Waals surface area (Å²) in [7, 11) is 5.85. The molecular formula is C11H5BClNO. The van der Waals surface area contributed by atoms with Crippen LogP contribution in [0.2, 0.25) is 5.15 Å². The smallest absolute Gasteiger partial charge is 0.172 e. The third-order valence-electron chi connectivity index (χ3n) is 2.39. The quantitative estimate of drug-likeness (QED) is 0.423. The van der Waals surface area contributed by atoms with E-state index in [2.05, 4.69) is 4.98 Å². The van der Waals surface area contributed by atoms with Crippen molar-refractivity contribution in [3.63, 3.8) is 0 Å². The first-order chi connectivity index (χ1) is 7.27. The maximum Gasteiger partial charge on any atom is 0.172 e. The summed E-state index contributed by atoms with van der Waals surface area (Å²) in [6.45, 7) is 0. The van der Waals surface area contributed by atoms with E-state index in [9.17, 15) is 0 Å². The lowest BCUT2D eigenvalue weighted by Crippen LogP contribution is -2.03. The van der Waals surface area contributed by atoms with E-state index in [0.717, 1.165) is 16.4 Å². The number of rotatable bonds is 0. The normalized spacial score (nSPS) is 11.3. The largest absolute Gasteiger partial charge is 0.453 e. The highest BCUT2D eigenvalue weighted by atomic mass is 35.5. The first-order valence-electron chi connectivity index (χ1n) is 4.48. The Morgan fingerprint density at radius 3 is 2.93 bits per heavy atom. The Morgan fingerprint density at radius 1 is 1.27 bits per heavy atom. The molecule has 2 aromatic heterocycles. The molecule has 3 aromatic rings. The lowest BCUT2D eigenvalue weighted by molar-refractivity contribution is 0.667. The number of furan rings is 1. The molecule has 0 saturated carbocycles. The minimum Gasteiger partial charge on any atom is -0.453 e. The van der Waals surface area contributed by atoms with Crippen LogP contribution in [0.15, 0.2) is 34.9 Å². The molecule has 2 radical (unpaired) electrons. The highest BCUT2D eigenvalue weighted by Crippen LogP contribution is 2.30. The Kier molecular flexibility index (Phi) is 1.76. The molecule has 3 rings (SSSR count). The summed E-state index contributed by atoms with van der Waals surface area (Å²) in [4.78, 5) is 3.95. The number of fused-ring (bicyclic) bond motifs is 3. The molecule has 1 aromatic carbocycles.